The van der Waals surface area contributed by atoms with E-state index in [-0.39, 0.29) is 6.10 Å². The number of nitriles is 1. The second-order valence-electron chi connectivity index (χ2n) is 3.45. The third-order valence-electron chi connectivity index (χ3n) is 2.02. The van der Waals surface area contributed by atoms with Crippen molar-refractivity contribution in [3.8, 4) is 11.9 Å². The van der Waals surface area contributed by atoms with Gasteiger partial charge < -0.3 is 10.5 Å². The van der Waals surface area contributed by atoms with Gasteiger partial charge in [0.15, 0.2) is 0 Å². The molecule has 4 heteroatoms. The molecule has 1 rings (SSSR count). The van der Waals surface area contributed by atoms with E-state index in [4.69, 9.17) is 15.7 Å². The van der Waals surface area contributed by atoms with Gasteiger partial charge in [0, 0.05) is 6.20 Å². The smallest absolute Gasteiger partial charge is 0.237 e. The van der Waals surface area contributed by atoms with Gasteiger partial charge in [-0.15, -0.1) is 0 Å². The molecule has 0 aliphatic heterocycles. The van der Waals surface area contributed by atoms with E-state index < -0.39 is 0 Å². The van der Waals surface area contributed by atoms with Crippen molar-refractivity contribution >= 4 is 5.69 Å². The molecule has 0 aliphatic carbocycles. The molecule has 0 radical (unpaired) electrons. The number of ether oxygens (including phenoxy) is 1. The molecule has 0 aliphatic rings. The Hall–Kier alpha value is -1.76. The fourth-order valence-corrected chi connectivity index (χ4v) is 1.28. The molecular weight excluding hydrogens is 190 g/mol. The molecule has 0 bridgehead atoms. The first-order valence-electron chi connectivity index (χ1n) is 4.99. The van der Waals surface area contributed by atoms with E-state index in [9.17, 15) is 0 Å². The minimum Gasteiger partial charge on any atom is -0.473 e. The van der Waals surface area contributed by atoms with Crippen LogP contribution >= 0.6 is 0 Å². The first-order chi connectivity index (χ1) is 7.17. The summed E-state index contributed by atoms with van der Waals surface area (Å²) in [4.78, 5) is 4.00. The van der Waals surface area contributed by atoms with Crippen molar-refractivity contribution in [2.24, 2.45) is 0 Å². The summed E-state index contributed by atoms with van der Waals surface area (Å²) in [6.07, 6.45) is 3.57. The highest BCUT2D eigenvalue weighted by atomic mass is 16.5. The van der Waals surface area contributed by atoms with Crippen molar-refractivity contribution in [1.82, 2.24) is 4.98 Å². The van der Waals surface area contributed by atoms with Crippen LogP contribution in [0.25, 0.3) is 0 Å². The van der Waals surface area contributed by atoms with E-state index in [1.165, 1.54) is 6.20 Å². The molecule has 2 N–H and O–H groups in total. The maximum absolute atomic E-state index is 8.63. The first kappa shape index (κ1) is 11.3. The van der Waals surface area contributed by atoms with Crippen LogP contribution in [0.2, 0.25) is 0 Å². The van der Waals surface area contributed by atoms with Crippen LogP contribution in [0.5, 0.6) is 5.88 Å². The number of pyridine rings is 1. The van der Waals surface area contributed by atoms with Crippen LogP contribution in [-0.2, 0) is 0 Å². The SMILES string of the molecule is CCCC(C)Oc1ncc(C#N)cc1N. The number of nitrogens with two attached hydrogens (primary N) is 1. The maximum Gasteiger partial charge on any atom is 0.237 e. The summed E-state index contributed by atoms with van der Waals surface area (Å²) in [6.45, 7) is 4.07. The average Bonchev–Trinajstić information content (AvgIpc) is 2.21. The number of nitrogen functional groups attached to an aromatic ring is 1. The Kier molecular flexibility index (Phi) is 3.92. The minimum atomic E-state index is 0.0951. The lowest BCUT2D eigenvalue weighted by Crippen LogP contribution is -2.13. The molecule has 1 aromatic heterocycles. The Bertz CT molecular complexity index is 371. The summed E-state index contributed by atoms with van der Waals surface area (Å²) in [5.74, 6) is 0.412. The molecule has 0 amide bonds. The van der Waals surface area contributed by atoms with Crippen LogP contribution < -0.4 is 10.5 Å². The van der Waals surface area contributed by atoms with Crippen molar-refractivity contribution in [3.05, 3.63) is 17.8 Å². The summed E-state index contributed by atoms with van der Waals surface area (Å²) < 4.78 is 5.54. The summed E-state index contributed by atoms with van der Waals surface area (Å²) >= 11 is 0. The summed E-state index contributed by atoms with van der Waals surface area (Å²) in [6, 6.07) is 3.55. The van der Waals surface area contributed by atoms with Crippen molar-refractivity contribution < 1.29 is 4.74 Å². The fourth-order valence-electron chi connectivity index (χ4n) is 1.28. The van der Waals surface area contributed by atoms with Gasteiger partial charge in [-0.1, -0.05) is 13.3 Å². The normalized spacial score (nSPS) is 11.8. The molecule has 1 atom stereocenters. The Labute approximate surface area is 89.7 Å². The van der Waals surface area contributed by atoms with Gasteiger partial charge in [-0.2, -0.15) is 5.26 Å². The second-order valence-corrected chi connectivity index (χ2v) is 3.45. The van der Waals surface area contributed by atoms with Gasteiger partial charge in [0.1, 0.15) is 6.07 Å². The molecule has 0 saturated heterocycles. The van der Waals surface area contributed by atoms with Gasteiger partial charge in [0.2, 0.25) is 5.88 Å². The van der Waals surface area contributed by atoms with Crippen LogP contribution in [0.15, 0.2) is 12.3 Å². The molecule has 0 saturated carbocycles. The van der Waals surface area contributed by atoms with E-state index in [1.54, 1.807) is 6.07 Å². The fraction of sp³-hybridized carbons (Fsp3) is 0.455. The largest absolute Gasteiger partial charge is 0.473 e. The Morgan fingerprint density at radius 1 is 1.67 bits per heavy atom. The monoisotopic (exact) mass is 205 g/mol. The van der Waals surface area contributed by atoms with Gasteiger partial charge >= 0.3 is 0 Å². The topological polar surface area (TPSA) is 71.9 Å². The molecule has 1 aromatic rings. The Morgan fingerprint density at radius 3 is 2.93 bits per heavy atom. The lowest BCUT2D eigenvalue weighted by molar-refractivity contribution is 0.203. The van der Waals surface area contributed by atoms with Crippen molar-refractivity contribution in [1.29, 1.82) is 5.26 Å². The molecule has 1 unspecified atom stereocenters. The maximum atomic E-state index is 8.63. The van der Waals surface area contributed by atoms with Crippen LogP contribution in [0.1, 0.15) is 32.3 Å². The lowest BCUT2D eigenvalue weighted by Gasteiger charge is -2.13. The molecule has 0 spiro atoms. The molecule has 15 heavy (non-hydrogen) atoms. The highest BCUT2D eigenvalue weighted by Crippen LogP contribution is 2.20. The third kappa shape index (κ3) is 3.13. The number of hydrogen-bond donors (Lipinski definition) is 1. The number of anilines is 1. The zero-order valence-electron chi connectivity index (χ0n) is 9.03. The molecule has 0 aromatic carbocycles. The van der Waals surface area contributed by atoms with Crippen molar-refractivity contribution in [3.63, 3.8) is 0 Å². The zero-order chi connectivity index (χ0) is 11.3. The molecule has 80 valence electrons. The molecule has 4 nitrogen and oxygen atoms in total. The van der Waals surface area contributed by atoms with Gasteiger partial charge in [-0.05, 0) is 19.4 Å². The predicted molar refractivity (Wildman–Crippen MR) is 58.4 cm³/mol. The quantitative estimate of drug-likeness (QED) is 0.817. The van der Waals surface area contributed by atoms with E-state index in [0.717, 1.165) is 12.8 Å². The van der Waals surface area contributed by atoms with E-state index in [2.05, 4.69) is 11.9 Å². The van der Waals surface area contributed by atoms with Gasteiger partial charge in [-0.3, -0.25) is 0 Å². The first-order valence-corrected chi connectivity index (χ1v) is 4.99. The molecule has 0 fully saturated rings. The second kappa shape index (κ2) is 5.20. The third-order valence-corrected chi connectivity index (χ3v) is 2.02. The average molecular weight is 205 g/mol. The Balaban J connectivity index is 2.74. The summed E-state index contributed by atoms with van der Waals surface area (Å²) in [7, 11) is 0. The summed E-state index contributed by atoms with van der Waals surface area (Å²) in [5.41, 5.74) is 6.56. The standard InChI is InChI=1S/C11H15N3O/c1-3-4-8(2)15-11-10(13)5-9(6-12)7-14-11/h5,7-8H,3-4,13H2,1-2H3. The number of nitrogens with zero attached hydrogens (tertiary/aromatic N) is 2. The van der Waals surface area contributed by atoms with Gasteiger partial charge in [-0.25, -0.2) is 4.98 Å². The van der Waals surface area contributed by atoms with Crippen molar-refractivity contribution in [2.75, 3.05) is 5.73 Å². The van der Waals surface area contributed by atoms with Crippen LogP contribution in [-0.4, -0.2) is 11.1 Å². The number of hydrogen-bond acceptors (Lipinski definition) is 4. The zero-order valence-corrected chi connectivity index (χ0v) is 9.03. The van der Waals surface area contributed by atoms with E-state index >= 15 is 0 Å². The number of aromatic nitrogens is 1. The highest BCUT2D eigenvalue weighted by molar-refractivity contribution is 5.51. The van der Waals surface area contributed by atoms with Crippen LogP contribution in [0.4, 0.5) is 5.69 Å². The van der Waals surface area contributed by atoms with Crippen LogP contribution in [0.3, 0.4) is 0 Å². The minimum absolute atomic E-state index is 0.0951. The summed E-state index contributed by atoms with van der Waals surface area (Å²) in [5, 5.41) is 8.63. The number of rotatable bonds is 4. The van der Waals surface area contributed by atoms with E-state index in [1.807, 2.05) is 13.0 Å². The van der Waals surface area contributed by atoms with Crippen LogP contribution in [0, 0.1) is 11.3 Å². The Morgan fingerprint density at radius 2 is 2.40 bits per heavy atom. The predicted octanol–water partition coefficient (Wildman–Crippen LogP) is 2.10. The lowest BCUT2D eigenvalue weighted by atomic mass is 10.2. The van der Waals surface area contributed by atoms with E-state index in [0.29, 0.717) is 17.1 Å². The highest BCUT2D eigenvalue weighted by Gasteiger charge is 2.07. The van der Waals surface area contributed by atoms with Gasteiger partial charge in [0.25, 0.3) is 0 Å². The van der Waals surface area contributed by atoms with Gasteiger partial charge in [0.05, 0.1) is 17.4 Å². The van der Waals surface area contributed by atoms with Crippen molar-refractivity contribution in [2.45, 2.75) is 32.8 Å². The molecular formula is C11H15N3O. The molecule has 1 heterocycles.